The molecule has 7 nitrogen and oxygen atoms in total. The van der Waals surface area contributed by atoms with E-state index in [4.69, 9.17) is 5.10 Å². The summed E-state index contributed by atoms with van der Waals surface area (Å²) in [7, 11) is 0. The molecule has 0 saturated carbocycles. The molecule has 0 aliphatic carbocycles. The minimum Gasteiger partial charge on any atom is -0.322 e. The fourth-order valence-corrected chi connectivity index (χ4v) is 4.19. The Balaban J connectivity index is 1.65. The molecule has 1 saturated heterocycles. The maximum atomic E-state index is 12.5. The van der Waals surface area contributed by atoms with Crippen LogP contribution >= 0.6 is 11.3 Å². The summed E-state index contributed by atoms with van der Waals surface area (Å²) in [5.74, 6) is 0.648. The van der Waals surface area contributed by atoms with E-state index in [1.54, 1.807) is 16.0 Å². The Bertz CT molecular complexity index is 1010. The average molecular weight is 424 g/mol. The minimum atomic E-state index is -0.570. The van der Waals surface area contributed by atoms with E-state index >= 15 is 0 Å². The molecular formula is C22H25N5O2S. The maximum Gasteiger partial charge on any atom is 0.225 e. The van der Waals surface area contributed by atoms with Crippen molar-refractivity contribution in [2.45, 2.75) is 39.0 Å². The van der Waals surface area contributed by atoms with E-state index < -0.39 is 6.29 Å². The topological polar surface area (TPSA) is 88.1 Å². The number of amides is 2. The molecular weight excluding hydrogens is 398 g/mol. The SMILES string of the molecule is CC(C)CC(=O)Nc1cc(-c2cccs2)nn1C1NC(=O)CC(c2ccccc2)N1. The Labute approximate surface area is 179 Å². The van der Waals surface area contributed by atoms with Gasteiger partial charge < -0.3 is 10.6 Å². The number of anilines is 1. The molecule has 3 aromatic rings. The standard InChI is InChI=1S/C22H25N5O2S/c1-14(2)11-20(28)24-19-12-17(18-9-6-10-30-18)26-27(19)22-23-16(13-21(29)25-22)15-7-4-3-5-8-15/h3-10,12,14,16,22-23H,11,13H2,1-2H3,(H,24,28)(H,25,29). The highest BCUT2D eigenvalue weighted by molar-refractivity contribution is 7.13. The normalized spacial score (nSPS) is 19.0. The van der Waals surface area contributed by atoms with Gasteiger partial charge in [-0.1, -0.05) is 50.2 Å². The van der Waals surface area contributed by atoms with Crippen LogP contribution in [0.4, 0.5) is 5.82 Å². The summed E-state index contributed by atoms with van der Waals surface area (Å²) in [6, 6.07) is 15.5. The summed E-state index contributed by atoms with van der Waals surface area (Å²) in [4.78, 5) is 25.9. The fraction of sp³-hybridized carbons (Fsp3) is 0.318. The molecule has 2 aromatic heterocycles. The van der Waals surface area contributed by atoms with E-state index in [1.165, 1.54) is 0 Å². The van der Waals surface area contributed by atoms with Gasteiger partial charge in [-0.05, 0) is 22.9 Å². The molecule has 156 valence electrons. The van der Waals surface area contributed by atoms with Crippen LogP contribution in [0.1, 0.15) is 44.6 Å². The van der Waals surface area contributed by atoms with Crippen LogP contribution in [0.5, 0.6) is 0 Å². The first-order valence-corrected chi connectivity index (χ1v) is 10.9. The zero-order valence-electron chi connectivity index (χ0n) is 17.0. The lowest BCUT2D eigenvalue weighted by atomic mass is 10.0. The third-order valence-electron chi connectivity index (χ3n) is 4.86. The van der Waals surface area contributed by atoms with E-state index in [0.29, 0.717) is 18.7 Å². The van der Waals surface area contributed by atoms with Gasteiger partial charge in [0.05, 0.1) is 4.88 Å². The van der Waals surface area contributed by atoms with Gasteiger partial charge in [0.25, 0.3) is 0 Å². The van der Waals surface area contributed by atoms with Crippen molar-refractivity contribution < 1.29 is 9.59 Å². The van der Waals surface area contributed by atoms with Gasteiger partial charge in [-0.15, -0.1) is 11.3 Å². The van der Waals surface area contributed by atoms with Gasteiger partial charge in [0.15, 0.2) is 6.29 Å². The van der Waals surface area contributed by atoms with Crippen LogP contribution in [0.3, 0.4) is 0 Å². The van der Waals surface area contributed by atoms with Crippen LogP contribution in [-0.4, -0.2) is 21.6 Å². The summed E-state index contributed by atoms with van der Waals surface area (Å²) >= 11 is 1.58. The Morgan fingerprint density at radius 1 is 1.27 bits per heavy atom. The van der Waals surface area contributed by atoms with Crippen LogP contribution in [0.15, 0.2) is 53.9 Å². The molecule has 1 aliphatic heterocycles. The quantitative estimate of drug-likeness (QED) is 0.561. The molecule has 3 heterocycles. The van der Waals surface area contributed by atoms with Crippen molar-refractivity contribution >= 4 is 29.0 Å². The smallest absolute Gasteiger partial charge is 0.225 e. The summed E-state index contributed by atoms with van der Waals surface area (Å²) in [6.45, 7) is 4.00. The predicted octanol–water partition coefficient (Wildman–Crippen LogP) is 3.90. The van der Waals surface area contributed by atoms with Gasteiger partial charge >= 0.3 is 0 Å². The highest BCUT2D eigenvalue weighted by atomic mass is 32.1. The number of nitrogens with one attached hydrogen (secondary N) is 3. The Morgan fingerprint density at radius 2 is 2.07 bits per heavy atom. The van der Waals surface area contributed by atoms with Crippen molar-refractivity contribution in [1.29, 1.82) is 0 Å². The lowest BCUT2D eigenvalue weighted by molar-refractivity contribution is -0.125. The molecule has 3 N–H and O–H groups in total. The first kappa shape index (κ1) is 20.3. The maximum absolute atomic E-state index is 12.5. The highest BCUT2D eigenvalue weighted by Gasteiger charge is 2.30. The van der Waals surface area contributed by atoms with Gasteiger partial charge in [-0.25, -0.2) is 4.68 Å². The van der Waals surface area contributed by atoms with E-state index in [-0.39, 0.29) is 23.8 Å². The molecule has 4 rings (SSSR count). The second-order valence-electron chi connectivity index (χ2n) is 7.79. The van der Waals surface area contributed by atoms with Crippen LogP contribution in [0, 0.1) is 5.92 Å². The van der Waals surface area contributed by atoms with Crippen molar-refractivity contribution in [2.24, 2.45) is 5.92 Å². The molecule has 30 heavy (non-hydrogen) atoms. The van der Waals surface area contributed by atoms with Crippen LogP contribution in [0.25, 0.3) is 10.6 Å². The minimum absolute atomic E-state index is 0.0692. The van der Waals surface area contributed by atoms with Crippen molar-refractivity contribution in [3.8, 4) is 10.6 Å². The number of carbonyl (C=O) groups excluding carboxylic acids is 2. The number of nitrogens with zero attached hydrogens (tertiary/aromatic N) is 2. The second-order valence-corrected chi connectivity index (χ2v) is 8.73. The summed E-state index contributed by atoms with van der Waals surface area (Å²) in [5, 5.41) is 16.1. The number of benzene rings is 1. The van der Waals surface area contributed by atoms with Crippen molar-refractivity contribution in [3.05, 3.63) is 59.5 Å². The van der Waals surface area contributed by atoms with Crippen molar-refractivity contribution in [1.82, 2.24) is 20.4 Å². The van der Waals surface area contributed by atoms with E-state index in [0.717, 1.165) is 16.1 Å². The summed E-state index contributed by atoms with van der Waals surface area (Å²) in [5.41, 5.74) is 1.79. The largest absolute Gasteiger partial charge is 0.322 e. The van der Waals surface area contributed by atoms with Gasteiger partial charge in [0, 0.05) is 24.9 Å². The zero-order chi connectivity index (χ0) is 21.1. The molecule has 2 unspecified atom stereocenters. The van der Waals surface area contributed by atoms with Gasteiger partial charge in [0.2, 0.25) is 11.8 Å². The Morgan fingerprint density at radius 3 is 2.77 bits per heavy atom. The van der Waals surface area contributed by atoms with E-state index in [9.17, 15) is 9.59 Å². The molecule has 0 spiro atoms. The average Bonchev–Trinajstić information content (AvgIpc) is 3.37. The van der Waals surface area contributed by atoms with Crippen molar-refractivity contribution in [2.75, 3.05) is 5.32 Å². The van der Waals surface area contributed by atoms with Crippen LogP contribution in [-0.2, 0) is 9.59 Å². The molecule has 8 heteroatoms. The lowest BCUT2D eigenvalue weighted by Gasteiger charge is -2.32. The number of carbonyl (C=O) groups is 2. The van der Waals surface area contributed by atoms with Gasteiger partial charge in [0.1, 0.15) is 11.5 Å². The fourth-order valence-electron chi connectivity index (χ4n) is 3.51. The van der Waals surface area contributed by atoms with Crippen LogP contribution in [0.2, 0.25) is 0 Å². The molecule has 0 bridgehead atoms. The van der Waals surface area contributed by atoms with Gasteiger partial charge in [-0.2, -0.15) is 5.10 Å². The first-order valence-electron chi connectivity index (χ1n) is 10.0. The molecule has 1 aromatic carbocycles. The predicted molar refractivity (Wildman–Crippen MR) is 118 cm³/mol. The highest BCUT2D eigenvalue weighted by Crippen LogP contribution is 2.30. The zero-order valence-corrected chi connectivity index (χ0v) is 17.8. The Kier molecular flexibility index (Phi) is 5.96. The number of rotatable bonds is 6. The van der Waals surface area contributed by atoms with Gasteiger partial charge in [-0.3, -0.25) is 14.9 Å². The van der Waals surface area contributed by atoms with Crippen LogP contribution < -0.4 is 16.0 Å². The summed E-state index contributed by atoms with van der Waals surface area (Å²) < 4.78 is 1.65. The number of thiophene rings is 1. The molecule has 1 fully saturated rings. The second kappa shape index (κ2) is 8.81. The number of hydrogen-bond donors (Lipinski definition) is 3. The monoisotopic (exact) mass is 423 g/mol. The molecule has 2 amide bonds. The third kappa shape index (κ3) is 4.60. The number of hydrogen-bond acceptors (Lipinski definition) is 5. The van der Waals surface area contributed by atoms with E-state index in [2.05, 4.69) is 16.0 Å². The first-order chi connectivity index (χ1) is 14.5. The van der Waals surface area contributed by atoms with Crippen molar-refractivity contribution in [3.63, 3.8) is 0 Å². The number of aromatic nitrogens is 2. The summed E-state index contributed by atoms with van der Waals surface area (Å²) in [6.07, 6.45) is 0.185. The lowest BCUT2D eigenvalue weighted by Crippen LogP contribution is -2.50. The molecule has 1 aliphatic rings. The van der Waals surface area contributed by atoms with E-state index in [1.807, 2.05) is 67.8 Å². The molecule has 2 atom stereocenters. The Hall–Kier alpha value is -2.97. The molecule has 0 radical (unpaired) electrons. The third-order valence-corrected chi connectivity index (χ3v) is 5.76.